The van der Waals surface area contributed by atoms with Gasteiger partial charge in [0.15, 0.2) is 5.96 Å². The predicted octanol–water partition coefficient (Wildman–Crippen LogP) is 3.34. The Labute approximate surface area is 194 Å². The van der Waals surface area contributed by atoms with Gasteiger partial charge < -0.3 is 25.6 Å². The molecule has 1 aliphatic carbocycles. The molecule has 8 heteroatoms. The highest BCUT2D eigenvalue weighted by atomic mass is 127. The van der Waals surface area contributed by atoms with Gasteiger partial charge in [0.2, 0.25) is 0 Å². The third-order valence-corrected chi connectivity index (χ3v) is 5.36. The Morgan fingerprint density at radius 1 is 1.10 bits per heavy atom. The molecule has 1 unspecified atom stereocenters. The maximum absolute atomic E-state index is 11.9. The second-order valence-electron chi connectivity index (χ2n) is 9.33. The number of hydrogen-bond acceptors (Lipinski definition) is 4. The van der Waals surface area contributed by atoms with Gasteiger partial charge in [-0.05, 0) is 85.7 Å². The molecule has 29 heavy (non-hydrogen) atoms. The second-order valence-corrected chi connectivity index (χ2v) is 9.33. The summed E-state index contributed by atoms with van der Waals surface area (Å²) in [4.78, 5) is 19.2. The first-order valence-electron chi connectivity index (χ1n) is 11.0. The van der Waals surface area contributed by atoms with Crippen LogP contribution in [0.2, 0.25) is 0 Å². The summed E-state index contributed by atoms with van der Waals surface area (Å²) in [7, 11) is 2.20. The van der Waals surface area contributed by atoms with Crippen molar-refractivity contribution >= 4 is 36.0 Å². The molecule has 3 N–H and O–H groups in total. The molecule has 0 aromatic rings. The van der Waals surface area contributed by atoms with Crippen molar-refractivity contribution in [2.75, 3.05) is 33.2 Å². The summed E-state index contributed by atoms with van der Waals surface area (Å²) >= 11 is 0. The van der Waals surface area contributed by atoms with E-state index in [0.717, 1.165) is 51.3 Å². The van der Waals surface area contributed by atoms with E-state index in [1.54, 1.807) is 0 Å². The van der Waals surface area contributed by atoms with Gasteiger partial charge in [0, 0.05) is 31.7 Å². The number of halogens is 1. The monoisotopic (exact) mass is 523 g/mol. The zero-order chi connectivity index (χ0) is 20.6. The van der Waals surface area contributed by atoms with Gasteiger partial charge >= 0.3 is 6.09 Å². The molecule has 7 nitrogen and oxygen atoms in total. The zero-order valence-electron chi connectivity index (χ0n) is 18.9. The topological polar surface area (TPSA) is 78.0 Å². The molecular formula is C21H42IN5O2. The van der Waals surface area contributed by atoms with Gasteiger partial charge in [0.05, 0.1) is 0 Å². The van der Waals surface area contributed by atoms with E-state index in [1.165, 1.54) is 19.4 Å². The Kier molecular flexibility index (Phi) is 11.6. The van der Waals surface area contributed by atoms with Gasteiger partial charge in [0.25, 0.3) is 0 Å². The van der Waals surface area contributed by atoms with E-state index in [0.29, 0.717) is 12.0 Å². The number of nitrogens with one attached hydrogen (secondary N) is 3. The lowest BCUT2D eigenvalue weighted by molar-refractivity contribution is 0.0490. The number of nitrogens with zero attached hydrogens (tertiary/aromatic N) is 2. The molecule has 0 radical (unpaired) electrons. The second kappa shape index (κ2) is 12.8. The van der Waals surface area contributed by atoms with Crippen LogP contribution in [0.1, 0.15) is 66.2 Å². The van der Waals surface area contributed by atoms with Crippen LogP contribution in [-0.2, 0) is 4.74 Å². The fraction of sp³-hybridized carbons (Fsp3) is 0.905. The molecular weight excluding hydrogens is 481 g/mol. The van der Waals surface area contributed by atoms with Crippen LogP contribution in [0.3, 0.4) is 0 Å². The van der Waals surface area contributed by atoms with Crippen molar-refractivity contribution in [1.29, 1.82) is 0 Å². The molecule has 1 saturated carbocycles. The number of likely N-dealkylation sites (tertiary alicyclic amines) is 1. The Balaban J connectivity index is 0.00000420. The molecule has 0 aromatic heterocycles. The Morgan fingerprint density at radius 2 is 1.72 bits per heavy atom. The third-order valence-electron chi connectivity index (χ3n) is 5.36. The maximum Gasteiger partial charge on any atom is 0.407 e. The minimum atomic E-state index is -0.451. The highest BCUT2D eigenvalue weighted by Crippen LogP contribution is 2.20. The van der Waals surface area contributed by atoms with Gasteiger partial charge in [-0.2, -0.15) is 0 Å². The number of alkyl carbamates (subject to hydrolysis) is 1. The number of rotatable bonds is 5. The number of guanidine groups is 1. The number of hydrogen-bond donors (Lipinski definition) is 3. The molecule has 2 fully saturated rings. The Bertz CT molecular complexity index is 516. The zero-order valence-corrected chi connectivity index (χ0v) is 21.3. The van der Waals surface area contributed by atoms with E-state index in [1.807, 2.05) is 20.8 Å². The summed E-state index contributed by atoms with van der Waals surface area (Å²) < 4.78 is 5.36. The number of carbonyl (C=O) groups excluding carboxylic acids is 1. The van der Waals surface area contributed by atoms with E-state index < -0.39 is 5.60 Å². The van der Waals surface area contributed by atoms with Gasteiger partial charge in [-0.3, -0.25) is 4.99 Å². The van der Waals surface area contributed by atoms with Crippen LogP contribution >= 0.6 is 24.0 Å². The number of carbonyl (C=O) groups is 1. The summed E-state index contributed by atoms with van der Waals surface area (Å²) in [5.41, 5.74) is -0.451. The molecule has 0 bridgehead atoms. The highest BCUT2D eigenvalue weighted by molar-refractivity contribution is 14.0. The van der Waals surface area contributed by atoms with Gasteiger partial charge in [-0.25, -0.2) is 4.79 Å². The van der Waals surface area contributed by atoms with Crippen LogP contribution in [0.25, 0.3) is 0 Å². The smallest absolute Gasteiger partial charge is 0.407 e. The van der Waals surface area contributed by atoms with Crippen molar-refractivity contribution in [3.05, 3.63) is 0 Å². The average molecular weight is 524 g/mol. The van der Waals surface area contributed by atoms with Crippen LogP contribution in [0, 0.1) is 5.92 Å². The summed E-state index contributed by atoms with van der Waals surface area (Å²) in [6.45, 7) is 11.9. The van der Waals surface area contributed by atoms with E-state index in [2.05, 4.69) is 34.8 Å². The Morgan fingerprint density at radius 3 is 2.28 bits per heavy atom. The molecule has 0 aromatic carbocycles. The molecule has 2 aliphatic rings. The molecule has 1 aliphatic heterocycles. The molecule has 1 heterocycles. The van der Waals surface area contributed by atoms with Crippen molar-refractivity contribution in [2.45, 2.75) is 83.9 Å². The van der Waals surface area contributed by atoms with Crippen molar-refractivity contribution in [3.63, 3.8) is 0 Å². The minimum absolute atomic E-state index is 0. The SMILES string of the molecule is CCNC(=NCC1CCCN(C)C1)NC1CCC(NC(=O)OC(C)(C)C)CC1.I. The molecule has 1 atom stereocenters. The van der Waals surface area contributed by atoms with Crippen LogP contribution in [0.4, 0.5) is 4.79 Å². The van der Waals surface area contributed by atoms with Gasteiger partial charge in [-0.15, -0.1) is 24.0 Å². The lowest BCUT2D eigenvalue weighted by Gasteiger charge is -2.32. The maximum atomic E-state index is 11.9. The number of amides is 1. The first-order valence-corrected chi connectivity index (χ1v) is 11.0. The van der Waals surface area contributed by atoms with Crippen molar-refractivity contribution in [1.82, 2.24) is 20.9 Å². The normalized spacial score (nSPS) is 26.2. The minimum Gasteiger partial charge on any atom is -0.444 e. The first-order chi connectivity index (χ1) is 13.2. The summed E-state index contributed by atoms with van der Waals surface area (Å²) in [5, 5.41) is 9.99. The van der Waals surface area contributed by atoms with Crippen LogP contribution < -0.4 is 16.0 Å². The number of aliphatic imine (C=N–C) groups is 1. The van der Waals surface area contributed by atoms with Gasteiger partial charge in [-0.1, -0.05) is 0 Å². The van der Waals surface area contributed by atoms with Crippen LogP contribution in [0.15, 0.2) is 4.99 Å². The largest absolute Gasteiger partial charge is 0.444 e. The molecule has 1 saturated heterocycles. The Hall–Kier alpha value is -0.770. The standard InChI is InChI=1S/C21H41N5O2.HI/c1-6-22-19(23-14-16-8-7-13-26(5)15-16)24-17-9-11-18(12-10-17)25-20(27)28-21(2,3)4;/h16-18H,6-15H2,1-5H3,(H,25,27)(H2,22,23,24);1H. The van der Waals surface area contributed by atoms with Crippen molar-refractivity contribution in [3.8, 4) is 0 Å². The third kappa shape index (κ3) is 10.7. The van der Waals surface area contributed by atoms with Crippen LogP contribution in [-0.4, -0.2) is 67.9 Å². The van der Waals surface area contributed by atoms with Crippen molar-refractivity contribution < 1.29 is 9.53 Å². The van der Waals surface area contributed by atoms with E-state index in [9.17, 15) is 4.79 Å². The summed E-state index contributed by atoms with van der Waals surface area (Å²) in [6, 6.07) is 0.605. The average Bonchev–Trinajstić information content (AvgIpc) is 2.60. The van der Waals surface area contributed by atoms with E-state index in [-0.39, 0.29) is 36.1 Å². The highest BCUT2D eigenvalue weighted by Gasteiger charge is 2.25. The molecule has 1 amide bonds. The molecule has 2 rings (SSSR count). The first kappa shape index (κ1) is 26.3. The van der Waals surface area contributed by atoms with Gasteiger partial charge in [0.1, 0.15) is 5.60 Å². The fourth-order valence-electron chi connectivity index (χ4n) is 4.01. The van der Waals surface area contributed by atoms with Crippen molar-refractivity contribution in [2.24, 2.45) is 10.9 Å². The quantitative estimate of drug-likeness (QED) is 0.293. The van der Waals surface area contributed by atoms with E-state index in [4.69, 9.17) is 9.73 Å². The molecule has 0 spiro atoms. The predicted molar refractivity (Wildman–Crippen MR) is 130 cm³/mol. The van der Waals surface area contributed by atoms with E-state index >= 15 is 0 Å². The molecule has 170 valence electrons. The number of piperidine rings is 1. The lowest BCUT2D eigenvalue weighted by Crippen LogP contribution is -2.48. The fourth-order valence-corrected chi connectivity index (χ4v) is 4.01. The number of ether oxygens (including phenoxy) is 1. The van der Waals surface area contributed by atoms with Crippen LogP contribution in [0.5, 0.6) is 0 Å². The summed E-state index contributed by atoms with van der Waals surface area (Å²) in [6.07, 6.45) is 6.21. The summed E-state index contributed by atoms with van der Waals surface area (Å²) in [5.74, 6) is 1.59. The lowest BCUT2D eigenvalue weighted by atomic mass is 9.91.